The molecule has 0 fully saturated rings. The highest BCUT2D eigenvalue weighted by atomic mass is 31.2. The average Bonchev–Trinajstić information content (AvgIpc) is 2.34. The van der Waals surface area contributed by atoms with Gasteiger partial charge in [0.25, 0.3) is 0 Å². The molecule has 0 aliphatic rings. The summed E-state index contributed by atoms with van der Waals surface area (Å²) >= 11 is 0. The Morgan fingerprint density at radius 3 is 1.26 bits per heavy atom. The van der Waals surface area contributed by atoms with Crippen molar-refractivity contribution in [3.05, 3.63) is 0 Å². The zero-order valence-corrected chi connectivity index (χ0v) is 13.1. The van der Waals surface area contributed by atoms with Crippen molar-refractivity contribution in [3.63, 3.8) is 0 Å². The van der Waals surface area contributed by atoms with Gasteiger partial charge in [-0.15, -0.1) is 0 Å². The molecule has 0 aromatic carbocycles. The van der Waals surface area contributed by atoms with E-state index >= 15 is 0 Å². The van der Waals surface area contributed by atoms with Gasteiger partial charge in [0.15, 0.2) is 0 Å². The Bertz CT molecular complexity index is 231. The van der Waals surface area contributed by atoms with E-state index in [1.54, 1.807) is 0 Å². The minimum Gasteiger partial charge on any atom is -0.330 e. The van der Waals surface area contributed by atoms with Crippen molar-refractivity contribution in [2.45, 2.75) is 77.0 Å². The maximum Gasteiger partial charge on any atom is 0.325 e. The van der Waals surface area contributed by atoms with E-state index in [1.807, 2.05) is 0 Å². The second-order valence-corrected chi connectivity index (χ2v) is 7.20. The highest BCUT2D eigenvalue weighted by Crippen LogP contribution is 2.35. The van der Waals surface area contributed by atoms with Crippen LogP contribution in [0.25, 0.3) is 0 Å². The molecule has 0 atom stereocenters. The molecule has 0 saturated heterocycles. The van der Waals surface area contributed by atoms with Crippen LogP contribution in [0.1, 0.15) is 77.0 Å². The molecule has 0 amide bonds. The number of unbranched alkanes of at least 4 members (excludes halogenated alkanes) is 11. The van der Waals surface area contributed by atoms with E-state index in [0.717, 1.165) is 25.8 Å². The molecule has 116 valence electrons. The molecule has 0 aliphatic carbocycles. The zero-order valence-electron chi connectivity index (χ0n) is 12.2. The van der Waals surface area contributed by atoms with Gasteiger partial charge in [0, 0.05) is 6.16 Å². The van der Waals surface area contributed by atoms with Crippen molar-refractivity contribution >= 4 is 7.60 Å². The van der Waals surface area contributed by atoms with Crippen LogP contribution in [0.4, 0.5) is 0 Å². The fraction of sp³-hybridized carbons (Fsp3) is 1.00. The Kier molecular flexibility index (Phi) is 13.2. The SMILES string of the molecule is NCCCCCCCCCCCCCCP(=O)(O)O. The lowest BCUT2D eigenvalue weighted by Gasteiger charge is -2.04. The summed E-state index contributed by atoms with van der Waals surface area (Å²) in [4.78, 5) is 17.4. The van der Waals surface area contributed by atoms with Crippen LogP contribution in [-0.2, 0) is 4.57 Å². The van der Waals surface area contributed by atoms with Crippen molar-refractivity contribution in [2.75, 3.05) is 12.7 Å². The number of rotatable bonds is 14. The van der Waals surface area contributed by atoms with Crippen LogP contribution in [-0.4, -0.2) is 22.5 Å². The summed E-state index contributed by atoms with van der Waals surface area (Å²) in [5, 5.41) is 0. The molecule has 0 heterocycles. The molecule has 0 aromatic rings. The molecule has 5 heteroatoms. The first-order valence-corrected chi connectivity index (χ1v) is 9.60. The van der Waals surface area contributed by atoms with E-state index in [4.69, 9.17) is 15.5 Å². The predicted molar refractivity (Wildman–Crippen MR) is 81.4 cm³/mol. The maximum absolute atomic E-state index is 10.6. The number of hydrogen-bond donors (Lipinski definition) is 3. The molecule has 0 aliphatic heterocycles. The van der Waals surface area contributed by atoms with Gasteiger partial charge in [0.2, 0.25) is 0 Å². The van der Waals surface area contributed by atoms with Gasteiger partial charge in [0.1, 0.15) is 0 Å². The normalized spacial score (nSPS) is 11.9. The minimum absolute atomic E-state index is 0.0514. The standard InChI is InChI=1S/C14H32NO3P/c15-13-11-9-7-5-3-1-2-4-6-8-10-12-14-19(16,17)18/h1-15H2,(H2,16,17,18). The van der Waals surface area contributed by atoms with Crippen LogP contribution in [0.15, 0.2) is 0 Å². The lowest BCUT2D eigenvalue weighted by atomic mass is 10.1. The fourth-order valence-electron chi connectivity index (χ4n) is 2.23. The van der Waals surface area contributed by atoms with Gasteiger partial charge in [-0.2, -0.15) is 0 Å². The van der Waals surface area contributed by atoms with Gasteiger partial charge >= 0.3 is 7.60 Å². The van der Waals surface area contributed by atoms with E-state index in [0.29, 0.717) is 6.42 Å². The Morgan fingerprint density at radius 2 is 0.947 bits per heavy atom. The molecular weight excluding hydrogens is 261 g/mol. The van der Waals surface area contributed by atoms with Crippen LogP contribution >= 0.6 is 7.60 Å². The smallest absolute Gasteiger partial charge is 0.325 e. The van der Waals surface area contributed by atoms with Crippen LogP contribution in [0, 0.1) is 0 Å². The van der Waals surface area contributed by atoms with Crippen LogP contribution in [0.5, 0.6) is 0 Å². The molecule has 4 nitrogen and oxygen atoms in total. The first-order chi connectivity index (χ1) is 9.06. The number of hydrogen-bond acceptors (Lipinski definition) is 2. The second-order valence-electron chi connectivity index (χ2n) is 5.42. The predicted octanol–water partition coefficient (Wildman–Crippen LogP) is 3.80. The summed E-state index contributed by atoms with van der Waals surface area (Å²) in [5.74, 6) is 0. The van der Waals surface area contributed by atoms with Crippen molar-refractivity contribution in [1.29, 1.82) is 0 Å². The topological polar surface area (TPSA) is 83.6 Å². The lowest BCUT2D eigenvalue weighted by molar-refractivity contribution is 0.370. The molecule has 0 spiro atoms. The van der Waals surface area contributed by atoms with Crippen LogP contribution in [0.3, 0.4) is 0 Å². The summed E-state index contributed by atoms with van der Waals surface area (Å²) in [6.45, 7) is 0.821. The molecule has 4 N–H and O–H groups in total. The van der Waals surface area contributed by atoms with E-state index in [9.17, 15) is 4.57 Å². The second kappa shape index (κ2) is 13.1. The average molecular weight is 293 g/mol. The number of nitrogens with two attached hydrogens (primary N) is 1. The lowest BCUT2D eigenvalue weighted by Crippen LogP contribution is -1.97. The Balaban J connectivity index is 3.01. The Labute approximate surface area is 118 Å². The molecule has 0 aromatic heterocycles. The molecular formula is C14H32NO3P. The van der Waals surface area contributed by atoms with Crippen LogP contribution < -0.4 is 5.73 Å². The van der Waals surface area contributed by atoms with E-state index in [-0.39, 0.29) is 6.16 Å². The summed E-state index contributed by atoms with van der Waals surface area (Å²) in [5.41, 5.74) is 5.44. The maximum atomic E-state index is 10.6. The first kappa shape index (κ1) is 19.1. The third-order valence-electron chi connectivity index (χ3n) is 3.40. The molecule has 0 rings (SSSR count). The largest absolute Gasteiger partial charge is 0.330 e. The van der Waals surface area contributed by atoms with Gasteiger partial charge < -0.3 is 15.5 Å². The highest BCUT2D eigenvalue weighted by molar-refractivity contribution is 7.51. The molecule has 0 unspecified atom stereocenters. The third-order valence-corrected chi connectivity index (χ3v) is 4.30. The van der Waals surface area contributed by atoms with E-state index < -0.39 is 7.60 Å². The molecule has 0 radical (unpaired) electrons. The fourth-order valence-corrected chi connectivity index (χ4v) is 2.87. The molecule has 0 saturated carbocycles. The van der Waals surface area contributed by atoms with Crippen molar-refractivity contribution < 1.29 is 14.4 Å². The van der Waals surface area contributed by atoms with Crippen molar-refractivity contribution in [3.8, 4) is 0 Å². The summed E-state index contributed by atoms with van der Waals surface area (Å²) in [7, 11) is -3.76. The van der Waals surface area contributed by atoms with E-state index in [1.165, 1.54) is 51.4 Å². The Morgan fingerprint density at radius 1 is 0.632 bits per heavy atom. The van der Waals surface area contributed by atoms with Crippen molar-refractivity contribution in [2.24, 2.45) is 5.73 Å². The van der Waals surface area contributed by atoms with Gasteiger partial charge in [0.05, 0.1) is 0 Å². The van der Waals surface area contributed by atoms with E-state index in [2.05, 4.69) is 0 Å². The first-order valence-electron chi connectivity index (χ1n) is 7.81. The van der Waals surface area contributed by atoms with Gasteiger partial charge in [-0.3, -0.25) is 4.57 Å². The quantitative estimate of drug-likeness (QED) is 0.336. The Hall–Kier alpha value is 0.110. The minimum atomic E-state index is -3.76. The summed E-state index contributed by atoms with van der Waals surface area (Å²) in [6.07, 6.45) is 14.3. The zero-order chi connectivity index (χ0) is 14.4. The van der Waals surface area contributed by atoms with Crippen molar-refractivity contribution in [1.82, 2.24) is 0 Å². The van der Waals surface area contributed by atoms with Gasteiger partial charge in [-0.1, -0.05) is 64.2 Å². The summed E-state index contributed by atoms with van der Waals surface area (Å²) < 4.78 is 10.6. The third kappa shape index (κ3) is 18.1. The van der Waals surface area contributed by atoms with Gasteiger partial charge in [-0.05, 0) is 19.4 Å². The highest BCUT2D eigenvalue weighted by Gasteiger charge is 2.10. The molecule has 0 bridgehead atoms. The van der Waals surface area contributed by atoms with Crippen LogP contribution in [0.2, 0.25) is 0 Å². The summed E-state index contributed by atoms with van der Waals surface area (Å²) in [6, 6.07) is 0. The monoisotopic (exact) mass is 293 g/mol. The van der Waals surface area contributed by atoms with Gasteiger partial charge in [-0.25, -0.2) is 0 Å². The molecule has 19 heavy (non-hydrogen) atoms.